The van der Waals surface area contributed by atoms with E-state index in [1.165, 1.54) is 12.8 Å². The highest BCUT2D eigenvalue weighted by molar-refractivity contribution is 5.41. The van der Waals surface area contributed by atoms with Crippen LogP contribution >= 0.6 is 0 Å². The number of nitrogens with zero attached hydrogens (tertiary/aromatic N) is 2. The SMILES string of the molecule is C#CCN(CC1CC1)c1cccc(CNC(C)C)n1. The van der Waals surface area contributed by atoms with Crippen molar-refractivity contribution < 1.29 is 0 Å². The van der Waals surface area contributed by atoms with Crippen molar-refractivity contribution in [2.75, 3.05) is 18.0 Å². The molecule has 102 valence electrons. The molecule has 3 nitrogen and oxygen atoms in total. The summed E-state index contributed by atoms with van der Waals surface area (Å²) in [6, 6.07) is 6.65. The van der Waals surface area contributed by atoms with Crippen molar-refractivity contribution in [1.82, 2.24) is 10.3 Å². The highest BCUT2D eigenvalue weighted by atomic mass is 15.2. The van der Waals surface area contributed by atoms with Crippen LogP contribution in [0.4, 0.5) is 5.82 Å². The number of rotatable bonds is 7. The number of pyridine rings is 1. The Morgan fingerprint density at radius 1 is 1.47 bits per heavy atom. The zero-order valence-electron chi connectivity index (χ0n) is 11.9. The second-order valence-corrected chi connectivity index (χ2v) is 5.55. The summed E-state index contributed by atoms with van der Waals surface area (Å²) < 4.78 is 0. The van der Waals surface area contributed by atoms with E-state index in [0.29, 0.717) is 12.6 Å². The van der Waals surface area contributed by atoms with Crippen molar-refractivity contribution in [3.05, 3.63) is 23.9 Å². The van der Waals surface area contributed by atoms with Crippen LogP contribution in [0.3, 0.4) is 0 Å². The third-order valence-corrected chi connectivity index (χ3v) is 3.27. The highest BCUT2D eigenvalue weighted by Gasteiger charge is 2.24. The van der Waals surface area contributed by atoms with E-state index in [0.717, 1.165) is 30.5 Å². The number of anilines is 1. The van der Waals surface area contributed by atoms with Gasteiger partial charge >= 0.3 is 0 Å². The van der Waals surface area contributed by atoms with Crippen LogP contribution in [-0.4, -0.2) is 24.1 Å². The van der Waals surface area contributed by atoms with Crippen molar-refractivity contribution >= 4 is 5.82 Å². The van der Waals surface area contributed by atoms with Crippen molar-refractivity contribution in [2.24, 2.45) is 5.92 Å². The maximum absolute atomic E-state index is 5.47. The normalized spacial score (nSPS) is 14.4. The summed E-state index contributed by atoms with van der Waals surface area (Å²) >= 11 is 0. The monoisotopic (exact) mass is 257 g/mol. The number of nitrogens with one attached hydrogen (secondary N) is 1. The third-order valence-electron chi connectivity index (χ3n) is 3.27. The Morgan fingerprint density at radius 3 is 2.89 bits per heavy atom. The van der Waals surface area contributed by atoms with E-state index in [-0.39, 0.29) is 0 Å². The van der Waals surface area contributed by atoms with Gasteiger partial charge in [0.25, 0.3) is 0 Å². The fraction of sp³-hybridized carbons (Fsp3) is 0.562. The molecule has 0 spiro atoms. The van der Waals surface area contributed by atoms with Crippen LogP contribution in [0.15, 0.2) is 18.2 Å². The van der Waals surface area contributed by atoms with E-state index < -0.39 is 0 Å². The Morgan fingerprint density at radius 2 is 2.26 bits per heavy atom. The molecule has 0 unspecified atom stereocenters. The summed E-state index contributed by atoms with van der Waals surface area (Å²) in [5.41, 5.74) is 1.07. The molecule has 0 amide bonds. The predicted octanol–water partition coefficient (Wildman–Crippen LogP) is 2.43. The van der Waals surface area contributed by atoms with E-state index in [1.54, 1.807) is 0 Å². The van der Waals surface area contributed by atoms with Crippen molar-refractivity contribution in [1.29, 1.82) is 0 Å². The van der Waals surface area contributed by atoms with Crippen LogP contribution in [0.1, 0.15) is 32.4 Å². The molecule has 3 heteroatoms. The van der Waals surface area contributed by atoms with Gasteiger partial charge in [0.05, 0.1) is 12.2 Å². The predicted molar refractivity (Wildman–Crippen MR) is 80.0 cm³/mol. The van der Waals surface area contributed by atoms with E-state index in [4.69, 9.17) is 11.4 Å². The molecule has 1 aliphatic carbocycles. The van der Waals surface area contributed by atoms with E-state index in [9.17, 15) is 0 Å². The molecule has 0 radical (unpaired) electrons. The molecule has 0 saturated heterocycles. The minimum atomic E-state index is 0.471. The highest BCUT2D eigenvalue weighted by Crippen LogP contribution is 2.30. The van der Waals surface area contributed by atoms with Gasteiger partial charge in [-0.25, -0.2) is 4.98 Å². The number of terminal acetylenes is 1. The smallest absolute Gasteiger partial charge is 0.129 e. The largest absolute Gasteiger partial charge is 0.345 e. The van der Waals surface area contributed by atoms with Crippen LogP contribution < -0.4 is 10.2 Å². The fourth-order valence-electron chi connectivity index (χ4n) is 2.01. The lowest BCUT2D eigenvalue weighted by molar-refractivity contribution is 0.581. The van der Waals surface area contributed by atoms with Gasteiger partial charge < -0.3 is 10.2 Å². The van der Waals surface area contributed by atoms with Crippen LogP contribution in [0.25, 0.3) is 0 Å². The molecule has 1 aromatic rings. The third kappa shape index (κ3) is 4.57. The van der Waals surface area contributed by atoms with Crippen molar-refractivity contribution in [3.63, 3.8) is 0 Å². The maximum atomic E-state index is 5.47. The Kier molecular flexibility index (Phi) is 4.81. The summed E-state index contributed by atoms with van der Waals surface area (Å²) in [4.78, 5) is 6.93. The fourth-order valence-corrected chi connectivity index (χ4v) is 2.01. The quantitative estimate of drug-likeness (QED) is 0.760. The first-order valence-electron chi connectivity index (χ1n) is 7.06. The minimum absolute atomic E-state index is 0.471. The molecular formula is C16H23N3. The van der Waals surface area contributed by atoms with E-state index >= 15 is 0 Å². The van der Waals surface area contributed by atoms with Crippen molar-refractivity contribution in [2.45, 2.75) is 39.3 Å². The van der Waals surface area contributed by atoms with Gasteiger partial charge in [-0.15, -0.1) is 6.42 Å². The number of hydrogen-bond donors (Lipinski definition) is 1. The standard InChI is InChI=1S/C16H23N3/c1-4-10-19(12-14-8-9-14)16-7-5-6-15(18-16)11-17-13(2)3/h1,5-7,13-14,17H,8-12H2,2-3H3. The molecule has 1 aromatic heterocycles. The maximum Gasteiger partial charge on any atom is 0.129 e. The zero-order chi connectivity index (χ0) is 13.7. The number of aromatic nitrogens is 1. The molecule has 1 fully saturated rings. The van der Waals surface area contributed by atoms with Gasteiger partial charge in [0, 0.05) is 19.1 Å². The molecule has 0 atom stereocenters. The lowest BCUT2D eigenvalue weighted by Crippen LogP contribution is -2.28. The summed E-state index contributed by atoms with van der Waals surface area (Å²) in [5.74, 6) is 4.56. The summed E-state index contributed by atoms with van der Waals surface area (Å²) in [7, 11) is 0. The van der Waals surface area contributed by atoms with Gasteiger partial charge in [-0.3, -0.25) is 0 Å². The van der Waals surface area contributed by atoms with E-state index in [2.05, 4.69) is 48.2 Å². The summed E-state index contributed by atoms with van der Waals surface area (Å²) in [6.07, 6.45) is 8.13. The lowest BCUT2D eigenvalue weighted by Gasteiger charge is -2.21. The molecule has 0 bridgehead atoms. The Balaban J connectivity index is 2.03. The lowest BCUT2D eigenvalue weighted by atomic mass is 10.3. The van der Waals surface area contributed by atoms with Gasteiger partial charge in [-0.2, -0.15) is 0 Å². The van der Waals surface area contributed by atoms with Crippen LogP contribution in [-0.2, 0) is 6.54 Å². The summed E-state index contributed by atoms with van der Waals surface area (Å²) in [6.45, 7) is 6.77. The molecule has 1 N–H and O–H groups in total. The van der Waals surface area contributed by atoms with Crippen LogP contribution in [0, 0.1) is 18.3 Å². The van der Waals surface area contributed by atoms with Gasteiger partial charge in [0.2, 0.25) is 0 Å². The molecule has 1 heterocycles. The molecule has 0 aliphatic heterocycles. The second kappa shape index (κ2) is 6.58. The Labute approximate surface area is 116 Å². The topological polar surface area (TPSA) is 28.2 Å². The van der Waals surface area contributed by atoms with Gasteiger partial charge in [-0.1, -0.05) is 25.8 Å². The van der Waals surface area contributed by atoms with Crippen LogP contribution in [0.2, 0.25) is 0 Å². The zero-order valence-corrected chi connectivity index (χ0v) is 11.9. The van der Waals surface area contributed by atoms with Crippen molar-refractivity contribution in [3.8, 4) is 12.3 Å². The molecule has 1 saturated carbocycles. The Hall–Kier alpha value is -1.53. The molecule has 0 aromatic carbocycles. The van der Waals surface area contributed by atoms with Gasteiger partial charge in [0.15, 0.2) is 0 Å². The van der Waals surface area contributed by atoms with Gasteiger partial charge in [-0.05, 0) is 30.9 Å². The second-order valence-electron chi connectivity index (χ2n) is 5.55. The molecular weight excluding hydrogens is 234 g/mol. The first-order chi connectivity index (χ1) is 9.19. The number of hydrogen-bond acceptors (Lipinski definition) is 3. The first-order valence-corrected chi connectivity index (χ1v) is 7.06. The minimum Gasteiger partial charge on any atom is -0.345 e. The Bertz CT molecular complexity index is 444. The molecule has 1 aliphatic rings. The van der Waals surface area contributed by atoms with Gasteiger partial charge in [0.1, 0.15) is 5.82 Å². The van der Waals surface area contributed by atoms with E-state index in [1.807, 2.05) is 0 Å². The average Bonchev–Trinajstić information content (AvgIpc) is 3.20. The average molecular weight is 257 g/mol. The molecule has 19 heavy (non-hydrogen) atoms. The molecule has 2 rings (SSSR count). The van der Waals surface area contributed by atoms with Crippen LogP contribution in [0.5, 0.6) is 0 Å². The first kappa shape index (κ1) is 13.9. The summed E-state index contributed by atoms with van der Waals surface area (Å²) in [5, 5.41) is 3.39.